The molecule has 0 aromatic heterocycles. The minimum atomic E-state index is -3.90. The van der Waals surface area contributed by atoms with Crippen LogP contribution in [0.15, 0.2) is 47.4 Å². The molecule has 0 saturated carbocycles. The maximum Gasteiger partial charge on any atom is 0.241 e. The fourth-order valence-corrected chi connectivity index (χ4v) is 5.05. The van der Waals surface area contributed by atoms with E-state index in [1.165, 1.54) is 62.0 Å². The molecule has 0 saturated heterocycles. The minimum Gasteiger partial charge on any atom is -0.354 e. The van der Waals surface area contributed by atoms with Crippen LogP contribution < -0.4 is 5.32 Å². The molecule has 0 atom stereocenters. The quantitative estimate of drug-likeness (QED) is 0.574. The molecule has 0 fully saturated rings. The zero-order valence-corrected chi connectivity index (χ0v) is 18.5. The number of carbonyl (C=O) groups excluding carboxylic acids is 1. The van der Waals surface area contributed by atoms with Crippen molar-refractivity contribution >= 4 is 50.7 Å². The smallest absolute Gasteiger partial charge is 0.241 e. The van der Waals surface area contributed by atoms with Gasteiger partial charge in [-0.2, -0.15) is 11.8 Å². The van der Waals surface area contributed by atoms with Gasteiger partial charge < -0.3 is 5.32 Å². The van der Waals surface area contributed by atoms with E-state index in [2.05, 4.69) is 5.32 Å². The number of sulfone groups is 1. The molecule has 0 aliphatic heterocycles. The number of halogens is 3. The highest BCUT2D eigenvalue weighted by molar-refractivity contribution is 7.98. The zero-order valence-electron chi connectivity index (χ0n) is 15.3. The third kappa shape index (κ3) is 5.20. The van der Waals surface area contributed by atoms with Crippen LogP contribution in [0.25, 0.3) is 0 Å². The van der Waals surface area contributed by atoms with Crippen LogP contribution in [-0.2, 0) is 20.4 Å². The lowest BCUT2D eigenvalue weighted by Crippen LogP contribution is -2.48. The number of thioether (sulfide) groups is 1. The van der Waals surface area contributed by atoms with Crippen LogP contribution in [0.3, 0.4) is 0 Å². The maximum absolute atomic E-state index is 13.7. The predicted molar refractivity (Wildman–Crippen MR) is 113 cm³/mol. The third-order valence-electron chi connectivity index (χ3n) is 4.18. The highest BCUT2D eigenvalue weighted by Gasteiger charge is 2.42. The van der Waals surface area contributed by atoms with Crippen LogP contribution in [0.4, 0.5) is 4.39 Å². The first kappa shape index (κ1) is 23.0. The number of rotatable bonds is 8. The Hall–Kier alpha value is -1.28. The van der Waals surface area contributed by atoms with Gasteiger partial charge in [-0.25, -0.2) is 12.8 Å². The molecule has 0 bridgehead atoms. The van der Waals surface area contributed by atoms with Gasteiger partial charge in [-0.15, -0.1) is 0 Å². The Balaban J connectivity index is 1.92. The molecule has 152 valence electrons. The van der Waals surface area contributed by atoms with Crippen molar-refractivity contribution in [3.63, 3.8) is 0 Å². The Morgan fingerprint density at radius 3 is 2.39 bits per heavy atom. The second kappa shape index (κ2) is 9.48. The number of benzene rings is 2. The monoisotopic (exact) mass is 463 g/mol. The Morgan fingerprint density at radius 1 is 1.14 bits per heavy atom. The summed E-state index contributed by atoms with van der Waals surface area (Å²) < 4.78 is 37.6. The first-order valence-corrected chi connectivity index (χ1v) is 11.8. The van der Waals surface area contributed by atoms with Gasteiger partial charge in [0.1, 0.15) is 10.6 Å². The maximum atomic E-state index is 13.7. The fraction of sp³-hybridized carbons (Fsp3) is 0.316. The lowest BCUT2D eigenvalue weighted by Gasteiger charge is -2.24. The number of hydrogen-bond acceptors (Lipinski definition) is 4. The van der Waals surface area contributed by atoms with Crippen LogP contribution in [-0.4, -0.2) is 31.4 Å². The van der Waals surface area contributed by atoms with Crippen LogP contribution in [0.2, 0.25) is 10.0 Å². The summed E-state index contributed by atoms with van der Waals surface area (Å²) in [7, 11) is -3.90. The lowest BCUT2D eigenvalue weighted by molar-refractivity contribution is -0.122. The van der Waals surface area contributed by atoms with Crippen LogP contribution >= 0.6 is 35.0 Å². The van der Waals surface area contributed by atoms with Gasteiger partial charge in [-0.05, 0) is 50.2 Å². The van der Waals surface area contributed by atoms with Gasteiger partial charge in [0, 0.05) is 33.7 Å². The fourth-order valence-electron chi connectivity index (χ4n) is 2.32. The normalized spacial score (nSPS) is 12.0. The standard InChI is InChI=1S/C19H20Cl2FNO3S2/c1-19(2,28(25,26)14-8-6-13(20)7-9-14)18(24)23-10-11-27-12-15-16(21)4-3-5-17(15)22/h3-9H,10-12H2,1-2H3,(H,23,24). The van der Waals surface area contributed by atoms with Gasteiger partial charge in [0.15, 0.2) is 9.84 Å². The number of nitrogens with one attached hydrogen (secondary N) is 1. The van der Waals surface area contributed by atoms with Crippen molar-refractivity contribution < 1.29 is 17.6 Å². The molecule has 0 heterocycles. The van der Waals surface area contributed by atoms with E-state index in [1.54, 1.807) is 6.07 Å². The summed E-state index contributed by atoms with van der Waals surface area (Å²) in [6, 6.07) is 10.2. The van der Waals surface area contributed by atoms with Gasteiger partial charge >= 0.3 is 0 Å². The van der Waals surface area contributed by atoms with E-state index in [-0.39, 0.29) is 17.3 Å². The van der Waals surface area contributed by atoms with Crippen molar-refractivity contribution in [2.45, 2.75) is 29.2 Å². The summed E-state index contributed by atoms with van der Waals surface area (Å²) in [5.74, 6) is -0.146. The molecule has 0 aliphatic carbocycles. The molecule has 4 nitrogen and oxygen atoms in total. The highest BCUT2D eigenvalue weighted by atomic mass is 35.5. The van der Waals surface area contributed by atoms with Crippen molar-refractivity contribution in [3.05, 3.63) is 63.9 Å². The molecule has 1 N–H and O–H groups in total. The second-order valence-electron chi connectivity index (χ2n) is 6.48. The van der Waals surface area contributed by atoms with Crippen molar-refractivity contribution in [2.75, 3.05) is 12.3 Å². The van der Waals surface area contributed by atoms with Crippen molar-refractivity contribution in [1.29, 1.82) is 0 Å². The topological polar surface area (TPSA) is 63.2 Å². The molecule has 28 heavy (non-hydrogen) atoms. The van der Waals surface area contributed by atoms with Crippen LogP contribution in [0, 0.1) is 5.82 Å². The summed E-state index contributed by atoms with van der Waals surface area (Å²) in [5, 5.41) is 3.40. The molecule has 1 amide bonds. The Bertz CT molecular complexity index is 928. The van der Waals surface area contributed by atoms with Gasteiger partial charge in [0.05, 0.1) is 4.90 Å². The highest BCUT2D eigenvalue weighted by Crippen LogP contribution is 2.27. The van der Waals surface area contributed by atoms with Crippen molar-refractivity contribution in [1.82, 2.24) is 5.32 Å². The average molecular weight is 464 g/mol. The van der Waals surface area contributed by atoms with Crippen molar-refractivity contribution in [3.8, 4) is 0 Å². The average Bonchev–Trinajstić information content (AvgIpc) is 2.63. The SMILES string of the molecule is CC(C)(C(=O)NCCSCc1c(F)cccc1Cl)S(=O)(=O)c1ccc(Cl)cc1. The van der Waals surface area contributed by atoms with E-state index in [4.69, 9.17) is 23.2 Å². The van der Waals surface area contributed by atoms with Crippen molar-refractivity contribution in [2.24, 2.45) is 0 Å². The van der Waals surface area contributed by atoms with E-state index < -0.39 is 20.5 Å². The molecule has 0 unspecified atom stereocenters. The van der Waals surface area contributed by atoms with Gasteiger partial charge in [-0.1, -0.05) is 29.3 Å². The van der Waals surface area contributed by atoms with Crippen LogP contribution in [0.5, 0.6) is 0 Å². The van der Waals surface area contributed by atoms with Gasteiger partial charge in [0.2, 0.25) is 5.91 Å². The Labute approximate surface area is 178 Å². The minimum absolute atomic E-state index is 0.0284. The molecule has 2 aromatic carbocycles. The van der Waals surface area contributed by atoms with Gasteiger partial charge in [0.25, 0.3) is 0 Å². The molecule has 9 heteroatoms. The number of carbonyl (C=O) groups is 1. The van der Waals surface area contributed by atoms with E-state index in [9.17, 15) is 17.6 Å². The summed E-state index contributed by atoms with van der Waals surface area (Å²) in [4.78, 5) is 12.5. The molecule has 0 spiro atoms. The zero-order chi connectivity index (χ0) is 20.9. The third-order valence-corrected chi connectivity index (χ3v) is 8.20. The first-order chi connectivity index (χ1) is 13.1. The summed E-state index contributed by atoms with van der Waals surface area (Å²) in [6.45, 7) is 2.96. The molecular weight excluding hydrogens is 444 g/mol. The summed E-state index contributed by atoms with van der Waals surface area (Å²) in [5.41, 5.74) is 0.408. The van der Waals surface area contributed by atoms with E-state index in [0.717, 1.165) is 0 Å². The molecule has 0 radical (unpaired) electrons. The first-order valence-electron chi connectivity index (χ1n) is 8.36. The summed E-state index contributed by atoms with van der Waals surface area (Å²) in [6.07, 6.45) is 0. The molecule has 2 aromatic rings. The van der Waals surface area contributed by atoms with E-state index in [0.29, 0.717) is 27.1 Å². The Morgan fingerprint density at radius 2 is 1.79 bits per heavy atom. The van der Waals surface area contributed by atoms with Crippen LogP contribution in [0.1, 0.15) is 19.4 Å². The molecule has 2 rings (SSSR count). The predicted octanol–water partition coefficient (Wildman–Crippen LogP) is 4.73. The van der Waals surface area contributed by atoms with E-state index in [1.807, 2.05) is 0 Å². The van der Waals surface area contributed by atoms with E-state index >= 15 is 0 Å². The lowest BCUT2D eigenvalue weighted by atomic mass is 10.2. The Kier molecular flexibility index (Phi) is 7.79. The number of amides is 1. The van der Waals surface area contributed by atoms with Gasteiger partial charge in [-0.3, -0.25) is 4.79 Å². The molecular formula is C19H20Cl2FNO3S2. The number of hydrogen-bond donors (Lipinski definition) is 1. The molecule has 0 aliphatic rings. The largest absolute Gasteiger partial charge is 0.354 e. The summed E-state index contributed by atoms with van der Waals surface area (Å²) >= 11 is 13.2. The second-order valence-corrected chi connectivity index (χ2v) is 10.9.